The largest absolute Gasteiger partial charge is 0.416 e. The van der Waals surface area contributed by atoms with Gasteiger partial charge in [-0.15, -0.1) is 0 Å². The monoisotopic (exact) mass is 365 g/mol. The highest BCUT2D eigenvalue weighted by atomic mass is 19.4. The summed E-state index contributed by atoms with van der Waals surface area (Å²) in [4.78, 5) is 18.7. The Hall–Kier alpha value is -2.31. The molecule has 0 saturated carbocycles. The molecule has 26 heavy (non-hydrogen) atoms. The van der Waals surface area contributed by atoms with Crippen molar-refractivity contribution >= 4 is 23.5 Å². The summed E-state index contributed by atoms with van der Waals surface area (Å²) >= 11 is 0. The number of alkyl halides is 3. The zero-order chi connectivity index (χ0) is 18.7. The van der Waals surface area contributed by atoms with Crippen LogP contribution in [0.25, 0.3) is 0 Å². The van der Waals surface area contributed by atoms with Crippen LogP contribution in [0.1, 0.15) is 31.7 Å². The third kappa shape index (κ3) is 4.08. The smallest absolute Gasteiger partial charge is 0.370 e. The van der Waals surface area contributed by atoms with Gasteiger partial charge in [0.15, 0.2) is 0 Å². The van der Waals surface area contributed by atoms with Gasteiger partial charge in [0.05, 0.1) is 22.9 Å². The lowest BCUT2D eigenvalue weighted by atomic mass is 9.92. The fourth-order valence-electron chi connectivity index (χ4n) is 3.36. The third-order valence-corrected chi connectivity index (χ3v) is 4.85. The number of hydrogen-bond acceptors (Lipinski definition) is 3. The van der Waals surface area contributed by atoms with E-state index in [1.165, 1.54) is 6.07 Å². The third-order valence-electron chi connectivity index (χ3n) is 4.85. The zero-order valence-corrected chi connectivity index (χ0v) is 14.6. The first-order chi connectivity index (χ1) is 12.4. The highest BCUT2D eigenvalue weighted by molar-refractivity contribution is 5.98. The zero-order valence-electron chi connectivity index (χ0n) is 14.6. The van der Waals surface area contributed by atoms with Crippen LogP contribution >= 0.6 is 0 Å². The molecule has 4 nitrogen and oxygen atoms in total. The van der Waals surface area contributed by atoms with Gasteiger partial charge >= 0.3 is 6.18 Å². The van der Waals surface area contributed by atoms with Crippen LogP contribution in [0.3, 0.4) is 0 Å². The normalized spacial score (nSPS) is 23.2. The minimum atomic E-state index is -4.45. The molecule has 7 heteroatoms. The van der Waals surface area contributed by atoms with Crippen LogP contribution in [0.15, 0.2) is 35.5 Å². The number of benzene rings is 1. The van der Waals surface area contributed by atoms with E-state index in [2.05, 4.69) is 10.3 Å². The second-order valence-corrected chi connectivity index (χ2v) is 6.79. The van der Waals surface area contributed by atoms with Crippen molar-refractivity contribution in [3.05, 3.63) is 36.0 Å². The summed E-state index contributed by atoms with van der Waals surface area (Å²) in [6.07, 6.45) is 3.53. The molecule has 0 aliphatic carbocycles. The number of aliphatic imine (C=N–C) groups is 1. The van der Waals surface area contributed by atoms with Crippen LogP contribution in [-0.2, 0) is 11.0 Å². The Labute approximate surface area is 150 Å². The molecule has 0 bridgehead atoms. The van der Waals surface area contributed by atoms with E-state index in [4.69, 9.17) is 0 Å². The maximum atomic E-state index is 13.1. The topological polar surface area (TPSA) is 44.7 Å². The molecule has 3 rings (SSSR count). The number of carbonyl (C=O) groups excluding carboxylic acids is 1. The number of halogens is 3. The first-order valence-electron chi connectivity index (χ1n) is 8.83. The summed E-state index contributed by atoms with van der Waals surface area (Å²) in [6, 6.07) is 3.58. The summed E-state index contributed by atoms with van der Waals surface area (Å²) < 4.78 is 39.4. The molecule has 1 fully saturated rings. The molecule has 0 spiro atoms. The number of anilines is 2. The Morgan fingerprint density at radius 3 is 2.62 bits per heavy atom. The van der Waals surface area contributed by atoms with Crippen molar-refractivity contribution in [2.45, 2.75) is 32.4 Å². The molecule has 2 atom stereocenters. The quantitative estimate of drug-likeness (QED) is 0.858. The van der Waals surface area contributed by atoms with Crippen molar-refractivity contribution in [3.8, 4) is 0 Å². The summed E-state index contributed by atoms with van der Waals surface area (Å²) in [5.41, 5.74) is 0.101. The van der Waals surface area contributed by atoms with Crippen molar-refractivity contribution < 1.29 is 18.0 Å². The van der Waals surface area contributed by atoms with Gasteiger partial charge in [-0.05, 0) is 37.5 Å². The Morgan fingerprint density at radius 1 is 1.23 bits per heavy atom. The number of carbonyl (C=O) groups is 1. The maximum absolute atomic E-state index is 13.1. The number of hydrogen-bond donors (Lipinski definition) is 1. The minimum absolute atomic E-state index is 0.107. The van der Waals surface area contributed by atoms with Crippen molar-refractivity contribution in [1.29, 1.82) is 0 Å². The molecule has 1 aromatic carbocycles. The van der Waals surface area contributed by atoms with E-state index in [1.807, 2.05) is 11.8 Å². The molecule has 1 amide bonds. The lowest BCUT2D eigenvalue weighted by molar-refractivity contribution is -0.137. The molecule has 1 saturated heterocycles. The first-order valence-corrected chi connectivity index (χ1v) is 8.83. The Morgan fingerprint density at radius 2 is 1.96 bits per heavy atom. The number of rotatable bonds is 3. The summed E-state index contributed by atoms with van der Waals surface area (Å²) in [5, 5.41) is 2.73. The Kier molecular flexibility index (Phi) is 5.34. The van der Waals surface area contributed by atoms with E-state index in [9.17, 15) is 18.0 Å². The van der Waals surface area contributed by atoms with Crippen LogP contribution in [0.4, 0.5) is 24.5 Å². The van der Waals surface area contributed by atoms with E-state index < -0.39 is 17.7 Å². The van der Waals surface area contributed by atoms with E-state index in [0.717, 1.165) is 44.5 Å². The number of piperidine rings is 1. The summed E-state index contributed by atoms with van der Waals surface area (Å²) in [6.45, 7) is 3.41. The molecule has 2 unspecified atom stereocenters. The average molecular weight is 365 g/mol. The van der Waals surface area contributed by atoms with E-state index in [0.29, 0.717) is 5.69 Å². The van der Waals surface area contributed by atoms with Gasteiger partial charge in [0.2, 0.25) is 5.91 Å². The van der Waals surface area contributed by atoms with Crippen molar-refractivity contribution in [3.63, 3.8) is 0 Å². The van der Waals surface area contributed by atoms with Gasteiger partial charge < -0.3 is 10.2 Å². The summed E-state index contributed by atoms with van der Waals surface area (Å²) in [5.74, 6) is -0.877. The molecular formula is C19H22F3N3O. The van der Waals surface area contributed by atoms with Gasteiger partial charge in [-0.1, -0.05) is 13.0 Å². The molecule has 0 aromatic heterocycles. The average Bonchev–Trinajstić information content (AvgIpc) is 2.62. The highest BCUT2D eigenvalue weighted by Gasteiger charge is 2.32. The van der Waals surface area contributed by atoms with Crippen molar-refractivity contribution in [1.82, 2.24) is 0 Å². The van der Waals surface area contributed by atoms with E-state index in [1.54, 1.807) is 18.5 Å². The molecule has 1 aromatic rings. The van der Waals surface area contributed by atoms with Gasteiger partial charge in [0, 0.05) is 31.4 Å². The fourth-order valence-corrected chi connectivity index (χ4v) is 3.36. The fraction of sp³-hybridized carbons (Fsp3) is 0.474. The molecule has 2 heterocycles. The van der Waals surface area contributed by atoms with Gasteiger partial charge in [-0.25, -0.2) is 0 Å². The number of nitrogens with one attached hydrogen (secondary N) is 1. The van der Waals surface area contributed by atoms with Crippen LogP contribution in [0.2, 0.25) is 0 Å². The molecule has 0 radical (unpaired) electrons. The maximum Gasteiger partial charge on any atom is 0.416 e. The predicted molar refractivity (Wildman–Crippen MR) is 96.4 cm³/mol. The minimum Gasteiger partial charge on any atom is -0.370 e. The van der Waals surface area contributed by atoms with Crippen LogP contribution in [-0.4, -0.2) is 25.2 Å². The standard InChI is InChI=1S/C19H22F3N3O/c1-13-12-23-8-7-15(13)18(26)24-16-11-14(19(20,21)22)5-6-17(16)25-9-3-2-4-10-25/h5-8,11-13,15H,2-4,9-10H2,1H3,(H,24,26). The van der Waals surface area contributed by atoms with Gasteiger partial charge in [-0.2, -0.15) is 13.2 Å². The second kappa shape index (κ2) is 7.51. The first kappa shape index (κ1) is 18.5. The predicted octanol–water partition coefficient (Wildman–Crippen LogP) is 4.48. The molecule has 1 N–H and O–H groups in total. The lowest BCUT2D eigenvalue weighted by Crippen LogP contribution is -2.32. The number of nitrogens with zero attached hydrogens (tertiary/aromatic N) is 2. The lowest BCUT2D eigenvalue weighted by Gasteiger charge is -2.31. The Bertz CT molecular complexity index is 721. The van der Waals surface area contributed by atoms with Crippen molar-refractivity contribution in [2.75, 3.05) is 23.3 Å². The van der Waals surface area contributed by atoms with Gasteiger partial charge in [0.25, 0.3) is 0 Å². The SMILES string of the molecule is CC1C=NC=CC1C(=O)Nc1cc(C(F)(F)F)ccc1N1CCCCC1. The van der Waals surface area contributed by atoms with Gasteiger partial charge in [0.1, 0.15) is 0 Å². The Balaban J connectivity index is 1.90. The number of amides is 1. The van der Waals surface area contributed by atoms with Crippen LogP contribution in [0.5, 0.6) is 0 Å². The summed E-state index contributed by atoms with van der Waals surface area (Å²) in [7, 11) is 0. The van der Waals surface area contributed by atoms with Crippen LogP contribution < -0.4 is 10.2 Å². The van der Waals surface area contributed by atoms with Crippen LogP contribution in [0, 0.1) is 11.8 Å². The molecule has 2 aliphatic heterocycles. The molecule has 2 aliphatic rings. The van der Waals surface area contributed by atoms with Crippen molar-refractivity contribution in [2.24, 2.45) is 16.8 Å². The van der Waals surface area contributed by atoms with E-state index in [-0.39, 0.29) is 17.5 Å². The molecular weight excluding hydrogens is 343 g/mol. The molecule has 140 valence electrons. The van der Waals surface area contributed by atoms with E-state index >= 15 is 0 Å². The highest BCUT2D eigenvalue weighted by Crippen LogP contribution is 2.36. The van der Waals surface area contributed by atoms with Gasteiger partial charge in [-0.3, -0.25) is 9.79 Å². The second-order valence-electron chi connectivity index (χ2n) is 6.79.